The van der Waals surface area contributed by atoms with Crippen LogP contribution in [0.15, 0.2) is 18.2 Å². The molecule has 0 saturated carbocycles. The van der Waals surface area contributed by atoms with Crippen molar-refractivity contribution in [2.75, 3.05) is 25.0 Å². The Morgan fingerprint density at radius 1 is 1.33 bits per heavy atom. The zero-order valence-corrected chi connectivity index (χ0v) is 13.0. The molecule has 0 aliphatic carbocycles. The molecule has 1 atom stereocenters. The van der Waals surface area contributed by atoms with Gasteiger partial charge in [-0.3, -0.25) is 4.79 Å². The number of nitrogens with zero attached hydrogens (tertiary/aromatic N) is 1. The van der Waals surface area contributed by atoms with E-state index in [0.29, 0.717) is 0 Å². The van der Waals surface area contributed by atoms with Gasteiger partial charge in [0.05, 0.1) is 0 Å². The molecule has 0 radical (unpaired) electrons. The first-order chi connectivity index (χ1) is 10.3. The van der Waals surface area contributed by atoms with E-state index >= 15 is 0 Å². The fourth-order valence-corrected chi connectivity index (χ4v) is 3.67. The van der Waals surface area contributed by atoms with E-state index in [-0.39, 0.29) is 5.91 Å². The number of hydrogen-bond donors (Lipinski definition) is 1. The van der Waals surface area contributed by atoms with E-state index in [1.165, 1.54) is 31.2 Å². The van der Waals surface area contributed by atoms with Crippen molar-refractivity contribution in [1.29, 1.82) is 0 Å². The minimum atomic E-state index is 0.212. The molecule has 2 aliphatic heterocycles. The summed E-state index contributed by atoms with van der Waals surface area (Å²) < 4.78 is 0. The van der Waals surface area contributed by atoms with Gasteiger partial charge in [-0.25, -0.2) is 0 Å². The number of carbonyl (C=O) groups excluding carboxylic acids is 1. The van der Waals surface area contributed by atoms with Crippen LogP contribution in [0, 0.1) is 5.92 Å². The van der Waals surface area contributed by atoms with Crippen molar-refractivity contribution in [2.24, 2.45) is 5.92 Å². The number of likely N-dealkylation sites (tertiary alicyclic amines) is 1. The Hall–Kier alpha value is -1.51. The third-order valence-electron chi connectivity index (χ3n) is 4.90. The van der Waals surface area contributed by atoms with Crippen LogP contribution in [-0.2, 0) is 6.42 Å². The van der Waals surface area contributed by atoms with E-state index in [9.17, 15) is 4.79 Å². The van der Waals surface area contributed by atoms with Crippen LogP contribution in [0.3, 0.4) is 0 Å². The molecule has 3 rings (SSSR count). The van der Waals surface area contributed by atoms with E-state index in [4.69, 9.17) is 0 Å². The van der Waals surface area contributed by atoms with Crippen molar-refractivity contribution < 1.29 is 4.79 Å². The highest BCUT2D eigenvalue weighted by molar-refractivity contribution is 5.95. The summed E-state index contributed by atoms with van der Waals surface area (Å²) in [6.45, 7) is 5.10. The van der Waals surface area contributed by atoms with Gasteiger partial charge in [-0.15, -0.1) is 0 Å². The lowest BCUT2D eigenvalue weighted by atomic mass is 9.96. The molecule has 1 saturated heterocycles. The second kappa shape index (κ2) is 6.50. The van der Waals surface area contributed by atoms with E-state index in [2.05, 4.69) is 23.2 Å². The van der Waals surface area contributed by atoms with Crippen molar-refractivity contribution in [2.45, 2.75) is 45.4 Å². The Kier molecular flexibility index (Phi) is 4.47. The van der Waals surface area contributed by atoms with E-state index in [1.807, 2.05) is 12.1 Å². The summed E-state index contributed by atoms with van der Waals surface area (Å²) >= 11 is 0. The van der Waals surface area contributed by atoms with Crippen LogP contribution in [0.2, 0.25) is 0 Å². The Labute approximate surface area is 127 Å². The molecular weight excluding hydrogens is 260 g/mol. The fraction of sp³-hybridized carbons (Fsp3) is 0.611. The zero-order chi connectivity index (χ0) is 14.7. The first kappa shape index (κ1) is 14.4. The minimum Gasteiger partial charge on any atom is -0.384 e. The molecule has 0 spiro atoms. The maximum absolute atomic E-state index is 12.7. The number of nitrogens with one attached hydrogen (secondary N) is 1. The molecule has 3 nitrogen and oxygen atoms in total. The lowest BCUT2D eigenvalue weighted by Gasteiger charge is -2.21. The van der Waals surface area contributed by atoms with Gasteiger partial charge in [-0.1, -0.05) is 25.8 Å². The lowest BCUT2D eigenvalue weighted by molar-refractivity contribution is 0.0760. The first-order valence-electron chi connectivity index (χ1n) is 8.44. The molecular formula is C18H26N2O. The van der Waals surface area contributed by atoms with Gasteiger partial charge in [-0.05, 0) is 49.3 Å². The van der Waals surface area contributed by atoms with Gasteiger partial charge in [0.2, 0.25) is 0 Å². The van der Waals surface area contributed by atoms with Crippen LogP contribution in [0.25, 0.3) is 0 Å². The third-order valence-corrected chi connectivity index (χ3v) is 4.90. The zero-order valence-electron chi connectivity index (χ0n) is 13.0. The maximum Gasteiger partial charge on any atom is 0.253 e. The molecule has 1 fully saturated rings. The molecule has 1 unspecified atom stereocenters. The van der Waals surface area contributed by atoms with Crippen LogP contribution in [-0.4, -0.2) is 30.4 Å². The summed E-state index contributed by atoms with van der Waals surface area (Å²) in [6, 6.07) is 6.15. The highest BCUT2D eigenvalue weighted by Crippen LogP contribution is 2.26. The van der Waals surface area contributed by atoms with Crippen molar-refractivity contribution >= 4 is 11.6 Å². The van der Waals surface area contributed by atoms with Gasteiger partial charge in [-0.2, -0.15) is 0 Å². The van der Waals surface area contributed by atoms with Gasteiger partial charge in [0, 0.05) is 30.9 Å². The highest BCUT2D eigenvalue weighted by atomic mass is 16.2. The smallest absolute Gasteiger partial charge is 0.253 e. The van der Waals surface area contributed by atoms with Crippen LogP contribution in [0.1, 0.15) is 54.9 Å². The van der Waals surface area contributed by atoms with Gasteiger partial charge in [0.1, 0.15) is 0 Å². The minimum absolute atomic E-state index is 0.212. The molecule has 114 valence electrons. The monoisotopic (exact) mass is 286 g/mol. The first-order valence-corrected chi connectivity index (χ1v) is 8.44. The number of fused-ring (bicyclic) bond motifs is 1. The molecule has 1 amide bonds. The van der Waals surface area contributed by atoms with Gasteiger partial charge in [0.15, 0.2) is 0 Å². The molecule has 0 bridgehead atoms. The summed E-state index contributed by atoms with van der Waals surface area (Å²) in [5.41, 5.74) is 3.34. The lowest BCUT2D eigenvalue weighted by Crippen LogP contribution is -2.32. The van der Waals surface area contributed by atoms with E-state index in [0.717, 1.165) is 49.6 Å². The predicted octanol–water partition coefficient (Wildman–Crippen LogP) is 3.70. The largest absolute Gasteiger partial charge is 0.384 e. The SMILES string of the molecule is CCCC1CCCN(C(=O)c2ccc3c(c2)NCC3)CC1. The molecule has 21 heavy (non-hydrogen) atoms. The second-order valence-corrected chi connectivity index (χ2v) is 6.43. The average molecular weight is 286 g/mol. The normalized spacial score (nSPS) is 21.6. The molecule has 1 aromatic carbocycles. The van der Waals surface area contributed by atoms with Gasteiger partial charge < -0.3 is 10.2 Å². The van der Waals surface area contributed by atoms with Crippen LogP contribution >= 0.6 is 0 Å². The van der Waals surface area contributed by atoms with Crippen molar-refractivity contribution in [3.05, 3.63) is 29.3 Å². The Bertz CT molecular complexity index is 512. The fourth-order valence-electron chi connectivity index (χ4n) is 3.67. The number of rotatable bonds is 3. The second-order valence-electron chi connectivity index (χ2n) is 6.43. The molecule has 0 aromatic heterocycles. The Balaban J connectivity index is 1.67. The highest BCUT2D eigenvalue weighted by Gasteiger charge is 2.22. The van der Waals surface area contributed by atoms with Gasteiger partial charge >= 0.3 is 0 Å². The summed E-state index contributed by atoms with van der Waals surface area (Å²) in [7, 11) is 0. The number of benzene rings is 1. The quantitative estimate of drug-likeness (QED) is 0.919. The predicted molar refractivity (Wildman–Crippen MR) is 86.8 cm³/mol. The number of anilines is 1. The topological polar surface area (TPSA) is 32.3 Å². The van der Waals surface area contributed by atoms with Gasteiger partial charge in [0.25, 0.3) is 5.91 Å². The van der Waals surface area contributed by atoms with Crippen molar-refractivity contribution in [3.8, 4) is 0 Å². The van der Waals surface area contributed by atoms with Crippen LogP contribution in [0.5, 0.6) is 0 Å². The molecule has 1 N–H and O–H groups in total. The number of amides is 1. The Morgan fingerprint density at radius 2 is 2.24 bits per heavy atom. The molecule has 2 aliphatic rings. The summed E-state index contributed by atoms with van der Waals surface area (Å²) in [6.07, 6.45) is 7.25. The molecule has 2 heterocycles. The maximum atomic E-state index is 12.7. The Morgan fingerprint density at radius 3 is 3.10 bits per heavy atom. The van der Waals surface area contributed by atoms with Crippen LogP contribution < -0.4 is 5.32 Å². The average Bonchev–Trinajstić information content (AvgIpc) is 2.85. The number of hydrogen-bond acceptors (Lipinski definition) is 2. The third kappa shape index (κ3) is 3.22. The molecule has 1 aromatic rings. The van der Waals surface area contributed by atoms with Crippen molar-refractivity contribution in [1.82, 2.24) is 4.90 Å². The molecule has 3 heteroatoms. The number of carbonyl (C=O) groups is 1. The standard InChI is InChI=1S/C18H26N2O/c1-2-4-14-5-3-11-20(12-9-14)18(21)16-7-6-15-8-10-19-17(15)13-16/h6-7,13-14,19H,2-5,8-12H2,1H3. The summed E-state index contributed by atoms with van der Waals surface area (Å²) in [4.78, 5) is 14.8. The van der Waals surface area contributed by atoms with E-state index in [1.54, 1.807) is 0 Å². The van der Waals surface area contributed by atoms with Crippen LogP contribution in [0.4, 0.5) is 5.69 Å². The summed E-state index contributed by atoms with van der Waals surface area (Å²) in [5, 5.41) is 3.36. The van der Waals surface area contributed by atoms with E-state index < -0.39 is 0 Å². The van der Waals surface area contributed by atoms with Crippen molar-refractivity contribution in [3.63, 3.8) is 0 Å². The summed E-state index contributed by atoms with van der Waals surface area (Å²) in [5.74, 6) is 1.03.